The number of benzene rings is 2. The van der Waals surface area contributed by atoms with Crippen molar-refractivity contribution in [3.05, 3.63) is 71.8 Å². The molecule has 2 atom stereocenters. The fourth-order valence-corrected chi connectivity index (χ4v) is 2.91. The van der Waals surface area contributed by atoms with Crippen molar-refractivity contribution in [3.8, 4) is 0 Å². The summed E-state index contributed by atoms with van der Waals surface area (Å²) in [6.45, 7) is 0.147. The number of nitrogens with zero attached hydrogens (tertiary/aromatic N) is 1. The normalized spacial score (nSPS) is 20.2. The molecule has 1 aliphatic rings. The molecule has 2 aromatic rings. The zero-order valence-corrected chi connectivity index (χ0v) is 13.2. The number of carbonyl (C=O) groups is 2. The van der Waals surface area contributed by atoms with E-state index in [-0.39, 0.29) is 18.2 Å². The third-order valence-corrected chi connectivity index (χ3v) is 4.16. The average Bonchev–Trinajstić information content (AvgIpc) is 2.93. The minimum Gasteiger partial charge on any atom is -0.346 e. The summed E-state index contributed by atoms with van der Waals surface area (Å²) in [6, 6.07) is 12.3. The Kier molecular flexibility index (Phi) is 4.88. The maximum absolute atomic E-state index is 14.0. The van der Waals surface area contributed by atoms with Crippen LogP contribution in [0.2, 0.25) is 0 Å². The van der Waals surface area contributed by atoms with Gasteiger partial charge in [-0.25, -0.2) is 8.78 Å². The third kappa shape index (κ3) is 3.42. The molecular weight excluding hydrogens is 326 g/mol. The van der Waals surface area contributed by atoms with Crippen LogP contribution in [0, 0.1) is 17.6 Å². The van der Waals surface area contributed by atoms with Crippen LogP contribution >= 0.6 is 0 Å². The van der Waals surface area contributed by atoms with E-state index >= 15 is 0 Å². The van der Waals surface area contributed by atoms with E-state index in [2.05, 4.69) is 5.32 Å². The molecule has 6 heteroatoms. The first-order valence-corrected chi connectivity index (χ1v) is 7.80. The van der Waals surface area contributed by atoms with Crippen LogP contribution in [-0.2, 0) is 9.59 Å². The van der Waals surface area contributed by atoms with Gasteiger partial charge in [-0.1, -0.05) is 48.6 Å². The van der Waals surface area contributed by atoms with Crippen LogP contribution in [0.15, 0.2) is 54.6 Å². The van der Waals surface area contributed by atoms with E-state index in [0.29, 0.717) is 6.41 Å². The minimum atomic E-state index is -1.08. The van der Waals surface area contributed by atoms with Gasteiger partial charge < -0.3 is 10.2 Å². The Morgan fingerprint density at radius 2 is 1.84 bits per heavy atom. The van der Waals surface area contributed by atoms with Crippen LogP contribution in [0.1, 0.15) is 5.56 Å². The van der Waals surface area contributed by atoms with Crippen molar-refractivity contribution in [3.63, 3.8) is 0 Å². The standard InChI is InChI=1S/C19H16F2N2O2/c20-15-7-4-8-16(17(15)21)23-11-14(18(19(23)25)22-12-24)10-9-13-5-2-1-3-6-13/h1-10,12,14,18H,11H2,(H,22,24)/b10-9+. The third-order valence-electron chi connectivity index (χ3n) is 4.16. The summed E-state index contributed by atoms with van der Waals surface area (Å²) in [5, 5.41) is 2.48. The van der Waals surface area contributed by atoms with Gasteiger partial charge in [0.05, 0.1) is 5.69 Å². The van der Waals surface area contributed by atoms with Crippen molar-refractivity contribution in [2.75, 3.05) is 11.4 Å². The molecule has 128 valence electrons. The first-order chi connectivity index (χ1) is 12.1. The summed E-state index contributed by atoms with van der Waals surface area (Å²) in [4.78, 5) is 24.6. The van der Waals surface area contributed by atoms with Gasteiger partial charge in [-0.3, -0.25) is 9.59 Å². The van der Waals surface area contributed by atoms with Gasteiger partial charge in [0.1, 0.15) is 6.04 Å². The molecule has 0 radical (unpaired) electrons. The van der Waals surface area contributed by atoms with Crippen molar-refractivity contribution in [1.29, 1.82) is 0 Å². The number of hydrogen-bond acceptors (Lipinski definition) is 2. The Labute approximate surface area is 143 Å². The Balaban J connectivity index is 1.88. The quantitative estimate of drug-likeness (QED) is 0.850. The lowest BCUT2D eigenvalue weighted by atomic mass is 10.0. The lowest BCUT2D eigenvalue weighted by Gasteiger charge is -2.17. The predicted molar refractivity (Wildman–Crippen MR) is 90.7 cm³/mol. The molecule has 25 heavy (non-hydrogen) atoms. The molecule has 1 saturated heterocycles. The highest BCUT2D eigenvalue weighted by atomic mass is 19.2. The van der Waals surface area contributed by atoms with Gasteiger partial charge in [0.15, 0.2) is 11.6 Å². The second-order valence-electron chi connectivity index (χ2n) is 5.72. The van der Waals surface area contributed by atoms with E-state index in [1.807, 2.05) is 36.4 Å². The second-order valence-corrected chi connectivity index (χ2v) is 5.72. The summed E-state index contributed by atoms with van der Waals surface area (Å²) in [6.07, 6.45) is 4.08. The second kappa shape index (κ2) is 7.25. The van der Waals surface area contributed by atoms with Gasteiger partial charge in [0.2, 0.25) is 12.3 Å². The molecule has 2 aromatic carbocycles. The Bertz CT molecular complexity index is 808. The Morgan fingerprint density at radius 3 is 2.56 bits per heavy atom. The highest BCUT2D eigenvalue weighted by Gasteiger charge is 2.40. The SMILES string of the molecule is O=CNC1C(=O)N(c2cccc(F)c2F)CC1/C=C/c1ccccc1. The number of hydrogen-bond donors (Lipinski definition) is 1. The van der Waals surface area contributed by atoms with Crippen LogP contribution < -0.4 is 10.2 Å². The topological polar surface area (TPSA) is 49.4 Å². The van der Waals surface area contributed by atoms with Crippen molar-refractivity contribution < 1.29 is 18.4 Å². The molecule has 2 amide bonds. The molecule has 0 saturated carbocycles. The van der Waals surface area contributed by atoms with E-state index in [1.54, 1.807) is 6.08 Å². The first-order valence-electron chi connectivity index (χ1n) is 7.80. The van der Waals surface area contributed by atoms with Gasteiger partial charge in [-0.05, 0) is 17.7 Å². The molecule has 3 rings (SSSR count). The highest BCUT2D eigenvalue weighted by molar-refractivity contribution is 6.01. The number of halogens is 2. The summed E-state index contributed by atoms with van der Waals surface area (Å²) < 4.78 is 27.5. The van der Waals surface area contributed by atoms with Crippen LogP contribution in [-0.4, -0.2) is 24.9 Å². The van der Waals surface area contributed by atoms with E-state index in [4.69, 9.17) is 0 Å². The molecule has 0 aromatic heterocycles. The van der Waals surface area contributed by atoms with Crippen molar-refractivity contribution in [2.45, 2.75) is 6.04 Å². The van der Waals surface area contributed by atoms with E-state index in [9.17, 15) is 18.4 Å². The largest absolute Gasteiger partial charge is 0.346 e. The monoisotopic (exact) mass is 342 g/mol. The molecule has 0 bridgehead atoms. The lowest BCUT2D eigenvalue weighted by Crippen LogP contribution is -2.40. The molecule has 0 spiro atoms. The molecule has 1 aliphatic heterocycles. The number of amides is 2. The highest BCUT2D eigenvalue weighted by Crippen LogP contribution is 2.29. The summed E-state index contributed by atoms with van der Waals surface area (Å²) in [5.41, 5.74) is 0.813. The Hall–Kier alpha value is -3.02. The summed E-state index contributed by atoms with van der Waals surface area (Å²) in [7, 11) is 0. The van der Waals surface area contributed by atoms with Crippen LogP contribution in [0.3, 0.4) is 0 Å². The van der Waals surface area contributed by atoms with Gasteiger partial charge >= 0.3 is 0 Å². The van der Waals surface area contributed by atoms with Gasteiger partial charge in [0, 0.05) is 12.5 Å². The maximum Gasteiger partial charge on any atom is 0.250 e. The van der Waals surface area contributed by atoms with Crippen LogP contribution in [0.5, 0.6) is 0 Å². The van der Waals surface area contributed by atoms with Gasteiger partial charge in [0.25, 0.3) is 0 Å². The van der Waals surface area contributed by atoms with E-state index in [0.717, 1.165) is 11.6 Å². The maximum atomic E-state index is 14.0. The zero-order valence-electron chi connectivity index (χ0n) is 13.2. The molecular formula is C19H16F2N2O2. The molecule has 1 heterocycles. The number of nitrogens with one attached hydrogen (secondary N) is 1. The van der Waals surface area contributed by atoms with Crippen molar-refractivity contribution in [1.82, 2.24) is 5.32 Å². The number of anilines is 1. The molecule has 0 aliphatic carbocycles. The summed E-state index contributed by atoms with van der Waals surface area (Å²) >= 11 is 0. The van der Waals surface area contributed by atoms with Crippen LogP contribution in [0.4, 0.5) is 14.5 Å². The van der Waals surface area contributed by atoms with Crippen molar-refractivity contribution >= 4 is 24.1 Å². The minimum absolute atomic E-state index is 0.127. The Morgan fingerprint density at radius 1 is 1.08 bits per heavy atom. The average molecular weight is 342 g/mol. The smallest absolute Gasteiger partial charge is 0.250 e. The number of rotatable bonds is 5. The molecule has 4 nitrogen and oxygen atoms in total. The van der Waals surface area contributed by atoms with Gasteiger partial charge in [-0.2, -0.15) is 0 Å². The molecule has 1 N–H and O–H groups in total. The fourth-order valence-electron chi connectivity index (χ4n) is 2.91. The van der Waals surface area contributed by atoms with E-state index < -0.39 is 23.6 Å². The molecule has 1 fully saturated rings. The molecule has 2 unspecified atom stereocenters. The van der Waals surface area contributed by atoms with Crippen molar-refractivity contribution in [2.24, 2.45) is 5.92 Å². The van der Waals surface area contributed by atoms with Crippen LogP contribution in [0.25, 0.3) is 6.08 Å². The first kappa shape index (κ1) is 16.8. The van der Waals surface area contributed by atoms with E-state index in [1.165, 1.54) is 17.0 Å². The predicted octanol–water partition coefficient (Wildman–Crippen LogP) is 2.76. The van der Waals surface area contributed by atoms with Gasteiger partial charge in [-0.15, -0.1) is 0 Å². The lowest BCUT2D eigenvalue weighted by molar-refractivity contribution is -0.121. The number of carbonyl (C=O) groups excluding carboxylic acids is 2. The fraction of sp³-hybridized carbons (Fsp3) is 0.158. The summed E-state index contributed by atoms with van der Waals surface area (Å²) in [5.74, 6) is -2.93. The zero-order chi connectivity index (χ0) is 17.8.